The molecular weight excluding hydrogens is 248 g/mol. The molecule has 0 unspecified atom stereocenters. The normalized spacial score (nSPS) is 10.8. The van der Waals surface area contributed by atoms with Crippen LogP contribution in [-0.4, -0.2) is 20.0 Å². The zero-order chi connectivity index (χ0) is 11.5. The fraction of sp³-hybridized carbons (Fsp3) is 0.333. The molecule has 0 aliphatic carbocycles. The van der Waals surface area contributed by atoms with Gasteiger partial charge in [-0.1, -0.05) is 6.07 Å². The van der Waals surface area contributed by atoms with E-state index in [1.54, 1.807) is 6.92 Å². The topological polar surface area (TPSA) is 3.24 Å². The standard InChI is InChI=1S/C9H11BF4N.K/c1-2-15(7-10(12,13)14)9-5-3-4-8(11)6-9;/h3-6H,2,7H2,1H3;/q-1;+1. The Morgan fingerprint density at radius 3 is 2.31 bits per heavy atom. The van der Waals surface area contributed by atoms with Gasteiger partial charge in [-0.3, -0.25) is 0 Å². The first-order valence-corrected chi connectivity index (χ1v) is 4.64. The van der Waals surface area contributed by atoms with E-state index in [4.69, 9.17) is 0 Å². The van der Waals surface area contributed by atoms with E-state index in [1.807, 2.05) is 0 Å². The Labute approximate surface area is 135 Å². The number of hydrogen-bond donors (Lipinski definition) is 0. The fourth-order valence-corrected chi connectivity index (χ4v) is 1.34. The van der Waals surface area contributed by atoms with Crippen LogP contribution in [0, 0.1) is 5.82 Å². The summed E-state index contributed by atoms with van der Waals surface area (Å²) < 4.78 is 49.4. The second-order valence-electron chi connectivity index (χ2n) is 3.23. The van der Waals surface area contributed by atoms with Crippen LogP contribution in [0.2, 0.25) is 0 Å². The molecule has 1 rings (SSSR count). The van der Waals surface area contributed by atoms with E-state index in [0.29, 0.717) is 0 Å². The molecule has 1 aromatic carbocycles. The molecule has 0 aliphatic rings. The summed E-state index contributed by atoms with van der Waals surface area (Å²) in [4.78, 5) is 1.10. The molecule has 7 heteroatoms. The SMILES string of the molecule is CCN(C[B-](F)(F)F)c1cccc(F)c1.[K+]. The molecule has 1 aromatic rings. The van der Waals surface area contributed by atoms with Crippen molar-refractivity contribution in [1.82, 2.24) is 0 Å². The van der Waals surface area contributed by atoms with Gasteiger partial charge in [-0.2, -0.15) is 0 Å². The van der Waals surface area contributed by atoms with E-state index in [9.17, 15) is 17.3 Å². The number of hydrogen-bond acceptors (Lipinski definition) is 1. The van der Waals surface area contributed by atoms with Gasteiger partial charge in [0.15, 0.2) is 0 Å². The number of anilines is 1. The first-order valence-electron chi connectivity index (χ1n) is 4.64. The van der Waals surface area contributed by atoms with E-state index in [2.05, 4.69) is 0 Å². The summed E-state index contributed by atoms with van der Waals surface area (Å²) in [5, 5.41) is 0. The predicted molar refractivity (Wildman–Crippen MR) is 53.4 cm³/mol. The maximum Gasteiger partial charge on any atom is 1.00 e. The predicted octanol–water partition coefficient (Wildman–Crippen LogP) is 0.0426. The third-order valence-corrected chi connectivity index (χ3v) is 1.98. The second-order valence-corrected chi connectivity index (χ2v) is 3.23. The number of halogens is 4. The summed E-state index contributed by atoms with van der Waals surface area (Å²) in [6.45, 7) is -3.09. The number of benzene rings is 1. The molecule has 1 nitrogen and oxygen atoms in total. The largest absolute Gasteiger partial charge is 1.00 e. The van der Waals surface area contributed by atoms with Crippen LogP contribution in [0.1, 0.15) is 6.92 Å². The maximum atomic E-state index is 12.8. The van der Waals surface area contributed by atoms with E-state index in [-0.39, 0.29) is 63.6 Å². The van der Waals surface area contributed by atoms with Gasteiger partial charge in [0.1, 0.15) is 5.82 Å². The summed E-state index contributed by atoms with van der Waals surface area (Å²) >= 11 is 0. The molecule has 0 atom stereocenters. The zero-order valence-corrected chi connectivity index (χ0v) is 12.4. The molecule has 0 N–H and O–H groups in total. The molecule has 0 saturated carbocycles. The molecule has 0 fully saturated rings. The van der Waals surface area contributed by atoms with Gasteiger partial charge in [-0.25, -0.2) is 4.39 Å². The molecular formula is C9H11BF4KN. The summed E-state index contributed by atoms with van der Waals surface area (Å²) in [7, 11) is 0. The molecule has 0 radical (unpaired) electrons. The van der Waals surface area contributed by atoms with Crippen LogP contribution in [-0.2, 0) is 0 Å². The third-order valence-electron chi connectivity index (χ3n) is 1.98. The van der Waals surface area contributed by atoms with Gasteiger partial charge in [0, 0.05) is 12.2 Å². The summed E-state index contributed by atoms with van der Waals surface area (Å²) in [6.07, 6.45) is -1.00. The van der Waals surface area contributed by atoms with Crippen molar-refractivity contribution in [3.8, 4) is 0 Å². The van der Waals surface area contributed by atoms with Crippen molar-refractivity contribution in [2.75, 3.05) is 17.9 Å². The first-order chi connectivity index (χ1) is 6.92. The Bertz CT molecular complexity index is 332. The van der Waals surface area contributed by atoms with Gasteiger partial charge in [-0.05, 0) is 31.6 Å². The van der Waals surface area contributed by atoms with Crippen LogP contribution >= 0.6 is 0 Å². The average molecular weight is 259 g/mol. The number of rotatable bonds is 4. The van der Waals surface area contributed by atoms with Gasteiger partial charge in [0.2, 0.25) is 0 Å². The van der Waals surface area contributed by atoms with Gasteiger partial charge >= 0.3 is 58.4 Å². The molecule has 0 aromatic heterocycles. The van der Waals surface area contributed by atoms with Gasteiger partial charge in [0.05, 0.1) is 0 Å². The molecule has 0 bridgehead atoms. The minimum Gasteiger partial charge on any atom is -0.448 e. The maximum absolute atomic E-state index is 12.8. The molecule has 16 heavy (non-hydrogen) atoms. The summed E-state index contributed by atoms with van der Waals surface area (Å²) in [5.74, 6) is -0.527. The van der Waals surface area contributed by atoms with E-state index < -0.39 is 19.2 Å². The third kappa shape index (κ3) is 5.68. The molecule has 0 aliphatic heterocycles. The van der Waals surface area contributed by atoms with Crippen molar-refractivity contribution in [2.45, 2.75) is 6.92 Å². The Balaban J connectivity index is 0.00000225. The van der Waals surface area contributed by atoms with Gasteiger partial charge < -0.3 is 17.8 Å². The monoisotopic (exact) mass is 259 g/mol. The van der Waals surface area contributed by atoms with Crippen LogP contribution < -0.4 is 56.3 Å². The van der Waals surface area contributed by atoms with Crippen molar-refractivity contribution in [2.24, 2.45) is 0 Å². The minimum atomic E-state index is -4.89. The van der Waals surface area contributed by atoms with Crippen LogP contribution in [0.5, 0.6) is 0 Å². The van der Waals surface area contributed by atoms with Crippen LogP contribution in [0.3, 0.4) is 0 Å². The average Bonchev–Trinajstić information content (AvgIpc) is 2.13. The van der Waals surface area contributed by atoms with Crippen LogP contribution in [0.4, 0.5) is 23.0 Å². The van der Waals surface area contributed by atoms with Crippen molar-refractivity contribution in [1.29, 1.82) is 0 Å². The molecule has 0 spiro atoms. The fourth-order valence-electron chi connectivity index (χ4n) is 1.34. The second kappa shape index (κ2) is 7.00. The van der Waals surface area contributed by atoms with E-state index in [0.717, 1.165) is 11.0 Å². The minimum absolute atomic E-state index is 0. The van der Waals surface area contributed by atoms with Crippen LogP contribution in [0.15, 0.2) is 24.3 Å². The van der Waals surface area contributed by atoms with Crippen molar-refractivity contribution in [3.05, 3.63) is 30.1 Å². The summed E-state index contributed by atoms with van der Waals surface area (Å²) in [6, 6.07) is 5.17. The zero-order valence-electron chi connectivity index (χ0n) is 9.26. The smallest absolute Gasteiger partial charge is 0.448 e. The Morgan fingerprint density at radius 1 is 1.25 bits per heavy atom. The van der Waals surface area contributed by atoms with Gasteiger partial charge in [0.25, 0.3) is 0 Å². The molecule has 84 valence electrons. The molecule has 0 saturated heterocycles. The van der Waals surface area contributed by atoms with Crippen molar-refractivity contribution < 1.29 is 68.7 Å². The van der Waals surface area contributed by atoms with Crippen molar-refractivity contribution in [3.63, 3.8) is 0 Å². The van der Waals surface area contributed by atoms with E-state index >= 15 is 0 Å². The Hall–Kier alpha value is 0.441. The Kier molecular flexibility index (Phi) is 7.20. The van der Waals surface area contributed by atoms with Crippen molar-refractivity contribution >= 4 is 12.7 Å². The Morgan fingerprint density at radius 2 is 1.88 bits per heavy atom. The van der Waals surface area contributed by atoms with E-state index in [1.165, 1.54) is 18.2 Å². The van der Waals surface area contributed by atoms with Crippen LogP contribution in [0.25, 0.3) is 0 Å². The molecule has 0 amide bonds. The van der Waals surface area contributed by atoms with Gasteiger partial charge in [-0.15, -0.1) is 0 Å². The first kappa shape index (κ1) is 16.4. The quantitative estimate of drug-likeness (QED) is 0.545. The summed E-state index contributed by atoms with van der Waals surface area (Å²) in [5.41, 5.74) is 0.261. The molecule has 0 heterocycles. The number of nitrogens with zero attached hydrogens (tertiary/aromatic N) is 1.